The number of nitrogens with zero attached hydrogens (tertiary/aromatic N) is 4. The lowest BCUT2D eigenvalue weighted by Crippen LogP contribution is -2.55. The molecule has 1 aromatic heterocycles. The molecule has 1 saturated heterocycles. The SMILES string of the molecule is CC(C)C(C(=O)N1CCC[C@H]1C(=O)NCc1ccc(-c2cncn2C)cc1)N1Cc2ccccc2C1=O. The summed E-state index contributed by atoms with van der Waals surface area (Å²) in [6.45, 7) is 5.24. The number of fused-ring (bicyclic) bond motifs is 1. The summed E-state index contributed by atoms with van der Waals surface area (Å²) in [5.41, 5.74) is 4.66. The molecular weight excluding hydrogens is 466 g/mol. The van der Waals surface area contributed by atoms with Crippen LogP contribution in [0.2, 0.25) is 0 Å². The van der Waals surface area contributed by atoms with Crippen LogP contribution in [0.25, 0.3) is 11.3 Å². The predicted molar refractivity (Wildman–Crippen MR) is 140 cm³/mol. The minimum absolute atomic E-state index is 0.0759. The van der Waals surface area contributed by atoms with E-state index in [1.165, 1.54) is 0 Å². The average molecular weight is 500 g/mol. The van der Waals surface area contributed by atoms with Gasteiger partial charge in [-0.15, -0.1) is 0 Å². The summed E-state index contributed by atoms with van der Waals surface area (Å²) in [5, 5.41) is 3.02. The second kappa shape index (κ2) is 10.2. The van der Waals surface area contributed by atoms with Gasteiger partial charge in [-0.2, -0.15) is 0 Å². The maximum Gasteiger partial charge on any atom is 0.255 e. The van der Waals surface area contributed by atoms with Crippen LogP contribution in [-0.2, 0) is 29.7 Å². The Bertz CT molecular complexity index is 1310. The predicted octanol–water partition coefficient (Wildman–Crippen LogP) is 3.37. The number of likely N-dealkylation sites (tertiary alicyclic amines) is 1. The zero-order valence-electron chi connectivity index (χ0n) is 21.6. The molecule has 5 rings (SSSR count). The number of hydrogen-bond acceptors (Lipinski definition) is 4. The van der Waals surface area contributed by atoms with Gasteiger partial charge in [-0.3, -0.25) is 14.4 Å². The Morgan fingerprint density at radius 2 is 1.86 bits per heavy atom. The first-order valence-corrected chi connectivity index (χ1v) is 12.9. The van der Waals surface area contributed by atoms with Gasteiger partial charge in [0.15, 0.2) is 0 Å². The Balaban J connectivity index is 1.25. The van der Waals surface area contributed by atoms with Gasteiger partial charge in [0.05, 0.1) is 18.2 Å². The van der Waals surface area contributed by atoms with Crippen LogP contribution in [-0.4, -0.2) is 55.7 Å². The van der Waals surface area contributed by atoms with Gasteiger partial charge < -0.3 is 19.7 Å². The molecule has 3 heterocycles. The van der Waals surface area contributed by atoms with E-state index < -0.39 is 12.1 Å². The fourth-order valence-corrected chi connectivity index (χ4v) is 5.49. The molecule has 1 N–H and O–H groups in total. The summed E-state index contributed by atoms with van der Waals surface area (Å²) in [7, 11) is 1.95. The Kier molecular flexibility index (Phi) is 6.82. The zero-order chi connectivity index (χ0) is 26.1. The van der Waals surface area contributed by atoms with Gasteiger partial charge in [-0.1, -0.05) is 56.3 Å². The molecule has 37 heavy (non-hydrogen) atoms. The van der Waals surface area contributed by atoms with Crippen molar-refractivity contribution in [3.8, 4) is 11.3 Å². The molecule has 3 aromatic rings. The van der Waals surface area contributed by atoms with Crippen LogP contribution in [0.3, 0.4) is 0 Å². The fourth-order valence-electron chi connectivity index (χ4n) is 5.49. The lowest BCUT2D eigenvalue weighted by atomic mass is 10.0. The number of amides is 3. The second-order valence-electron chi connectivity index (χ2n) is 10.3. The fraction of sp³-hybridized carbons (Fsp3) is 0.379. The van der Waals surface area contributed by atoms with Crippen LogP contribution in [0.5, 0.6) is 0 Å². The highest BCUT2D eigenvalue weighted by Crippen LogP contribution is 2.30. The molecule has 0 radical (unpaired) electrons. The molecule has 0 bridgehead atoms. The molecule has 0 aliphatic carbocycles. The van der Waals surface area contributed by atoms with Gasteiger partial charge in [0.25, 0.3) is 5.91 Å². The monoisotopic (exact) mass is 499 g/mol. The van der Waals surface area contributed by atoms with Gasteiger partial charge in [-0.25, -0.2) is 4.98 Å². The molecule has 8 heteroatoms. The van der Waals surface area contributed by atoms with E-state index in [2.05, 4.69) is 10.3 Å². The van der Waals surface area contributed by atoms with Gasteiger partial charge in [0.2, 0.25) is 11.8 Å². The van der Waals surface area contributed by atoms with E-state index in [0.717, 1.165) is 28.8 Å². The summed E-state index contributed by atoms with van der Waals surface area (Å²) < 4.78 is 1.96. The highest BCUT2D eigenvalue weighted by molar-refractivity contribution is 6.01. The Hall–Kier alpha value is -3.94. The Labute approximate surface area is 217 Å². The molecule has 192 valence electrons. The van der Waals surface area contributed by atoms with Crippen LogP contribution in [0, 0.1) is 5.92 Å². The van der Waals surface area contributed by atoms with Crippen molar-refractivity contribution in [2.24, 2.45) is 13.0 Å². The summed E-state index contributed by atoms with van der Waals surface area (Å²) in [4.78, 5) is 47.6. The maximum atomic E-state index is 13.8. The van der Waals surface area contributed by atoms with Crippen molar-refractivity contribution in [2.75, 3.05) is 6.54 Å². The van der Waals surface area contributed by atoms with Gasteiger partial charge in [0, 0.05) is 32.2 Å². The third kappa shape index (κ3) is 4.75. The van der Waals surface area contributed by atoms with Crippen LogP contribution < -0.4 is 5.32 Å². The highest BCUT2D eigenvalue weighted by atomic mass is 16.2. The number of aryl methyl sites for hydroxylation is 1. The lowest BCUT2D eigenvalue weighted by Gasteiger charge is -2.35. The molecule has 2 aliphatic heterocycles. The minimum atomic E-state index is -0.604. The summed E-state index contributed by atoms with van der Waals surface area (Å²) in [5.74, 6) is -0.486. The standard InChI is InChI=1S/C29H33N5O3/c1-19(2)26(34-17-22-7-4-5-8-23(22)28(34)36)29(37)33-14-6-9-24(33)27(35)31-15-20-10-12-21(13-11-20)25-16-30-18-32(25)3/h4-5,7-8,10-13,16,18-19,24,26H,6,9,14-15,17H2,1-3H3,(H,31,35)/t24-,26?/m0/s1. The molecule has 8 nitrogen and oxygen atoms in total. The van der Waals surface area contributed by atoms with Crippen LogP contribution in [0.15, 0.2) is 61.1 Å². The first-order valence-electron chi connectivity index (χ1n) is 12.9. The Morgan fingerprint density at radius 3 is 2.54 bits per heavy atom. The van der Waals surface area contributed by atoms with Crippen LogP contribution >= 0.6 is 0 Å². The number of rotatable bonds is 7. The molecular formula is C29H33N5O3. The number of benzene rings is 2. The number of nitrogens with one attached hydrogen (secondary N) is 1. The van der Waals surface area contributed by atoms with Crippen LogP contribution in [0.4, 0.5) is 0 Å². The molecule has 0 saturated carbocycles. The third-order valence-corrected chi connectivity index (χ3v) is 7.44. The molecule has 3 amide bonds. The van der Waals surface area contributed by atoms with Crippen LogP contribution in [0.1, 0.15) is 48.2 Å². The van der Waals surface area contributed by atoms with Crippen molar-refractivity contribution in [1.29, 1.82) is 0 Å². The number of aromatic nitrogens is 2. The van der Waals surface area contributed by atoms with Gasteiger partial charge >= 0.3 is 0 Å². The summed E-state index contributed by atoms with van der Waals surface area (Å²) >= 11 is 0. The highest BCUT2D eigenvalue weighted by Gasteiger charge is 2.43. The second-order valence-corrected chi connectivity index (χ2v) is 10.3. The number of carbonyl (C=O) groups is 3. The molecule has 2 aliphatic rings. The number of imidazole rings is 1. The topological polar surface area (TPSA) is 87.5 Å². The summed E-state index contributed by atoms with van der Waals surface area (Å²) in [6, 6.07) is 14.4. The number of hydrogen-bond donors (Lipinski definition) is 1. The lowest BCUT2D eigenvalue weighted by molar-refractivity contribution is -0.143. The van der Waals surface area contributed by atoms with E-state index in [9.17, 15) is 14.4 Å². The quantitative estimate of drug-likeness (QED) is 0.540. The average Bonchev–Trinajstić information content (AvgIpc) is 3.63. The minimum Gasteiger partial charge on any atom is -0.350 e. The normalized spacial score (nSPS) is 17.8. The van der Waals surface area contributed by atoms with Crippen molar-refractivity contribution in [3.63, 3.8) is 0 Å². The molecule has 0 spiro atoms. The molecule has 1 fully saturated rings. The van der Waals surface area contributed by atoms with E-state index in [4.69, 9.17) is 0 Å². The van der Waals surface area contributed by atoms with E-state index in [0.29, 0.717) is 31.6 Å². The Morgan fingerprint density at radius 1 is 1.11 bits per heavy atom. The summed E-state index contributed by atoms with van der Waals surface area (Å²) in [6.07, 6.45) is 4.97. The van der Waals surface area contributed by atoms with E-state index in [1.54, 1.807) is 16.1 Å². The third-order valence-electron chi connectivity index (χ3n) is 7.44. The first kappa shape index (κ1) is 24.7. The van der Waals surface area contributed by atoms with Gasteiger partial charge in [-0.05, 0) is 41.5 Å². The maximum absolute atomic E-state index is 13.8. The van der Waals surface area contributed by atoms with E-state index >= 15 is 0 Å². The number of carbonyl (C=O) groups excluding carboxylic acids is 3. The largest absolute Gasteiger partial charge is 0.350 e. The van der Waals surface area contributed by atoms with Crippen molar-refractivity contribution in [1.82, 2.24) is 24.7 Å². The molecule has 2 atom stereocenters. The zero-order valence-corrected chi connectivity index (χ0v) is 21.6. The molecule has 2 aromatic carbocycles. The van der Waals surface area contributed by atoms with Crippen molar-refractivity contribution in [2.45, 2.75) is 51.9 Å². The van der Waals surface area contributed by atoms with E-state index in [1.807, 2.05) is 80.2 Å². The van der Waals surface area contributed by atoms with Gasteiger partial charge in [0.1, 0.15) is 12.1 Å². The van der Waals surface area contributed by atoms with Crippen molar-refractivity contribution >= 4 is 17.7 Å². The van der Waals surface area contributed by atoms with Crippen molar-refractivity contribution in [3.05, 3.63) is 77.7 Å². The first-order chi connectivity index (χ1) is 17.8. The van der Waals surface area contributed by atoms with Crippen molar-refractivity contribution < 1.29 is 14.4 Å². The smallest absolute Gasteiger partial charge is 0.255 e. The molecule has 1 unspecified atom stereocenters. The van der Waals surface area contributed by atoms with E-state index in [-0.39, 0.29) is 23.6 Å².